The molecule has 24 heavy (non-hydrogen) atoms. The summed E-state index contributed by atoms with van der Waals surface area (Å²) >= 11 is 0. The van der Waals surface area contributed by atoms with Crippen molar-refractivity contribution in [2.75, 3.05) is 46.3 Å². The van der Waals surface area contributed by atoms with Gasteiger partial charge in [-0.25, -0.2) is 8.78 Å². The van der Waals surface area contributed by atoms with Crippen LogP contribution >= 0.6 is 0 Å². The summed E-state index contributed by atoms with van der Waals surface area (Å²) in [7, 11) is 1.76. The monoisotopic (exact) mass is 338 g/mol. The summed E-state index contributed by atoms with van der Waals surface area (Å²) in [4.78, 5) is 9.00. The van der Waals surface area contributed by atoms with Gasteiger partial charge in [0.1, 0.15) is 11.6 Å². The Kier molecular flexibility index (Phi) is 6.97. The van der Waals surface area contributed by atoms with Crippen LogP contribution in [0.15, 0.2) is 23.2 Å². The van der Waals surface area contributed by atoms with Gasteiger partial charge in [-0.2, -0.15) is 0 Å². The van der Waals surface area contributed by atoms with E-state index in [1.807, 2.05) is 0 Å². The van der Waals surface area contributed by atoms with Crippen molar-refractivity contribution < 1.29 is 8.78 Å². The first-order valence-electron chi connectivity index (χ1n) is 8.61. The molecule has 2 rings (SSSR count). The van der Waals surface area contributed by atoms with Gasteiger partial charge in [0, 0.05) is 46.3 Å². The largest absolute Gasteiger partial charge is 0.356 e. The maximum Gasteiger partial charge on any atom is 0.193 e. The maximum absolute atomic E-state index is 13.6. The average molecular weight is 338 g/mol. The smallest absolute Gasteiger partial charge is 0.193 e. The van der Waals surface area contributed by atoms with E-state index in [1.165, 1.54) is 12.1 Å². The molecule has 0 amide bonds. The molecule has 1 aliphatic rings. The summed E-state index contributed by atoms with van der Waals surface area (Å²) in [6.45, 7) is 10.0. The van der Waals surface area contributed by atoms with Crippen LogP contribution in [-0.2, 0) is 6.42 Å². The van der Waals surface area contributed by atoms with E-state index in [9.17, 15) is 8.78 Å². The Hall–Kier alpha value is -1.69. The van der Waals surface area contributed by atoms with Gasteiger partial charge in [-0.15, -0.1) is 0 Å². The van der Waals surface area contributed by atoms with Gasteiger partial charge in [-0.1, -0.05) is 13.8 Å². The Labute approximate surface area is 143 Å². The molecule has 0 spiro atoms. The van der Waals surface area contributed by atoms with Crippen molar-refractivity contribution in [3.8, 4) is 0 Å². The lowest BCUT2D eigenvalue weighted by atomic mass is 10.1. The molecule has 6 heteroatoms. The topological polar surface area (TPSA) is 30.9 Å². The van der Waals surface area contributed by atoms with Crippen molar-refractivity contribution in [3.63, 3.8) is 0 Å². The van der Waals surface area contributed by atoms with Crippen LogP contribution in [0.1, 0.15) is 19.4 Å². The van der Waals surface area contributed by atoms with E-state index in [0.717, 1.165) is 44.7 Å². The highest BCUT2D eigenvalue weighted by Gasteiger charge is 2.19. The summed E-state index contributed by atoms with van der Waals surface area (Å²) in [6.07, 6.45) is 0.427. The lowest BCUT2D eigenvalue weighted by Crippen LogP contribution is -2.53. The van der Waals surface area contributed by atoms with Gasteiger partial charge in [-0.3, -0.25) is 9.89 Å². The molecule has 1 saturated heterocycles. The predicted molar refractivity (Wildman–Crippen MR) is 94.3 cm³/mol. The number of hydrogen-bond donors (Lipinski definition) is 1. The first-order chi connectivity index (χ1) is 11.5. The number of nitrogens with zero attached hydrogens (tertiary/aromatic N) is 3. The Bertz CT molecular complexity index is 552. The van der Waals surface area contributed by atoms with Crippen LogP contribution in [0.5, 0.6) is 0 Å². The molecule has 0 bridgehead atoms. The minimum absolute atomic E-state index is 0.365. The van der Waals surface area contributed by atoms with Crippen LogP contribution in [0.3, 0.4) is 0 Å². The number of guanidine groups is 1. The zero-order valence-corrected chi connectivity index (χ0v) is 14.9. The zero-order chi connectivity index (χ0) is 17.5. The van der Waals surface area contributed by atoms with E-state index in [2.05, 4.69) is 34.0 Å². The summed E-state index contributed by atoms with van der Waals surface area (Å²) < 4.78 is 26.8. The molecule has 0 aliphatic carbocycles. The van der Waals surface area contributed by atoms with Crippen LogP contribution in [0.2, 0.25) is 0 Å². The molecule has 1 aromatic carbocycles. The molecule has 4 nitrogen and oxygen atoms in total. The number of halogens is 2. The molecular weight excluding hydrogens is 310 g/mol. The first kappa shape index (κ1) is 18.6. The van der Waals surface area contributed by atoms with Crippen molar-refractivity contribution in [2.24, 2.45) is 10.9 Å². The second-order valence-corrected chi connectivity index (χ2v) is 6.64. The van der Waals surface area contributed by atoms with Gasteiger partial charge in [0.2, 0.25) is 0 Å². The van der Waals surface area contributed by atoms with E-state index >= 15 is 0 Å². The van der Waals surface area contributed by atoms with Crippen molar-refractivity contribution >= 4 is 5.96 Å². The van der Waals surface area contributed by atoms with E-state index in [4.69, 9.17) is 0 Å². The van der Waals surface area contributed by atoms with Gasteiger partial charge in [0.15, 0.2) is 5.96 Å². The normalized spacial score (nSPS) is 16.8. The molecule has 0 saturated carbocycles. The van der Waals surface area contributed by atoms with E-state index < -0.39 is 5.82 Å². The number of piperazine rings is 1. The fourth-order valence-corrected chi connectivity index (χ4v) is 3.03. The quantitative estimate of drug-likeness (QED) is 0.660. The molecule has 1 heterocycles. The minimum Gasteiger partial charge on any atom is -0.356 e. The summed E-state index contributed by atoms with van der Waals surface area (Å²) in [5, 5.41) is 3.26. The third-order valence-electron chi connectivity index (χ3n) is 4.19. The second kappa shape index (κ2) is 8.97. The Morgan fingerprint density at radius 3 is 2.54 bits per heavy atom. The van der Waals surface area contributed by atoms with Crippen molar-refractivity contribution in [3.05, 3.63) is 35.4 Å². The first-order valence-corrected chi connectivity index (χ1v) is 8.61. The predicted octanol–water partition coefficient (Wildman–Crippen LogP) is 2.36. The number of aliphatic imine (C=N–C) groups is 1. The van der Waals surface area contributed by atoms with Crippen molar-refractivity contribution in [2.45, 2.75) is 20.3 Å². The fraction of sp³-hybridized carbons (Fsp3) is 0.611. The average Bonchev–Trinajstić information content (AvgIpc) is 2.55. The van der Waals surface area contributed by atoms with Gasteiger partial charge in [0.05, 0.1) is 0 Å². The molecular formula is C18H28F2N4. The second-order valence-electron chi connectivity index (χ2n) is 6.64. The Morgan fingerprint density at radius 1 is 1.21 bits per heavy atom. The molecule has 134 valence electrons. The lowest BCUT2D eigenvalue weighted by Gasteiger charge is -2.37. The van der Waals surface area contributed by atoms with Gasteiger partial charge >= 0.3 is 0 Å². The van der Waals surface area contributed by atoms with Gasteiger partial charge < -0.3 is 10.2 Å². The maximum atomic E-state index is 13.6. The third kappa shape index (κ3) is 5.44. The van der Waals surface area contributed by atoms with E-state index in [0.29, 0.717) is 24.4 Å². The Balaban J connectivity index is 1.80. The summed E-state index contributed by atoms with van der Waals surface area (Å²) in [5.41, 5.74) is 0.389. The van der Waals surface area contributed by atoms with Crippen LogP contribution in [0.25, 0.3) is 0 Å². The third-order valence-corrected chi connectivity index (χ3v) is 4.19. The molecule has 1 aliphatic heterocycles. The van der Waals surface area contributed by atoms with Gasteiger partial charge in [0.25, 0.3) is 0 Å². The van der Waals surface area contributed by atoms with Crippen molar-refractivity contribution in [1.29, 1.82) is 0 Å². The van der Waals surface area contributed by atoms with Crippen LogP contribution in [0, 0.1) is 17.6 Å². The summed E-state index contributed by atoms with van der Waals surface area (Å²) in [6, 6.07) is 3.57. The summed E-state index contributed by atoms with van der Waals surface area (Å²) in [5.74, 6) is 0.735. The van der Waals surface area contributed by atoms with Crippen LogP contribution in [-0.4, -0.2) is 62.1 Å². The number of hydrogen-bond acceptors (Lipinski definition) is 2. The number of nitrogens with one attached hydrogen (secondary N) is 1. The molecule has 0 unspecified atom stereocenters. The fourth-order valence-electron chi connectivity index (χ4n) is 3.03. The highest BCUT2D eigenvalue weighted by molar-refractivity contribution is 5.80. The Morgan fingerprint density at radius 2 is 1.92 bits per heavy atom. The molecule has 1 aromatic rings. The number of rotatable bonds is 5. The van der Waals surface area contributed by atoms with Gasteiger partial charge in [-0.05, 0) is 36.1 Å². The van der Waals surface area contributed by atoms with E-state index in [1.54, 1.807) is 7.05 Å². The molecule has 0 radical (unpaired) electrons. The lowest BCUT2D eigenvalue weighted by molar-refractivity contribution is 0.164. The van der Waals surface area contributed by atoms with E-state index in [-0.39, 0.29) is 5.82 Å². The highest BCUT2D eigenvalue weighted by Crippen LogP contribution is 2.10. The standard InChI is InChI=1S/C18H28F2N4/c1-14(2)13-23-8-10-24(11-9-23)18(21-3)22-7-6-15-12-16(19)4-5-17(15)20/h4-5,12,14H,6-11,13H2,1-3H3,(H,21,22). The van der Waals surface area contributed by atoms with Crippen molar-refractivity contribution in [1.82, 2.24) is 15.1 Å². The highest BCUT2D eigenvalue weighted by atomic mass is 19.1. The molecule has 1 N–H and O–H groups in total. The van der Waals surface area contributed by atoms with Crippen LogP contribution < -0.4 is 5.32 Å². The molecule has 0 aromatic heterocycles. The zero-order valence-electron chi connectivity index (χ0n) is 14.9. The van der Waals surface area contributed by atoms with Crippen LogP contribution in [0.4, 0.5) is 8.78 Å². The molecule has 1 fully saturated rings. The minimum atomic E-state index is -0.406. The number of benzene rings is 1. The molecule has 0 atom stereocenters. The SMILES string of the molecule is CN=C(NCCc1cc(F)ccc1F)N1CCN(CC(C)C)CC1.